The fourth-order valence-corrected chi connectivity index (χ4v) is 7.71. The Labute approximate surface area is 251 Å². The molecular formula is C28H20BN8S4-. The van der Waals surface area contributed by atoms with Crippen molar-refractivity contribution in [1.29, 1.82) is 0 Å². The van der Waals surface area contributed by atoms with Gasteiger partial charge in [0.15, 0.2) is 0 Å². The maximum Gasteiger partial charge on any atom is 0.466 e. The van der Waals surface area contributed by atoms with Crippen molar-refractivity contribution in [1.82, 2.24) is 38.8 Å². The van der Waals surface area contributed by atoms with Crippen molar-refractivity contribution >= 4 is 52.0 Å². The highest BCUT2D eigenvalue weighted by molar-refractivity contribution is 7.09. The van der Waals surface area contributed by atoms with Gasteiger partial charge in [-0.1, -0.05) is 0 Å². The summed E-state index contributed by atoms with van der Waals surface area (Å²) in [5, 5.41) is 37.3. The highest BCUT2D eigenvalue weighted by Gasteiger charge is 2.40. The average Bonchev–Trinajstić information content (AvgIpc) is 3.88. The zero-order chi connectivity index (χ0) is 27.2. The molecule has 8 rings (SSSR count). The summed E-state index contributed by atoms with van der Waals surface area (Å²) in [4.78, 5) is 0. The Bertz CT molecular complexity index is 1710. The Morgan fingerprint density at radius 3 is 0.878 bits per heavy atom. The number of hydrogen-bond donors (Lipinski definition) is 0. The minimum Gasteiger partial charge on any atom is -0.379 e. The van der Waals surface area contributed by atoms with Crippen molar-refractivity contribution in [3.8, 4) is 45.0 Å². The van der Waals surface area contributed by atoms with Gasteiger partial charge in [0.1, 0.15) is 0 Å². The van der Waals surface area contributed by atoms with E-state index in [1.807, 2.05) is 67.4 Å². The first kappa shape index (κ1) is 24.5. The van der Waals surface area contributed by atoms with Crippen LogP contribution in [0.25, 0.3) is 45.0 Å². The van der Waals surface area contributed by atoms with Gasteiger partial charge in [-0.15, -0.1) is 0 Å². The van der Waals surface area contributed by atoms with Gasteiger partial charge >= 0.3 is 6.69 Å². The Balaban J connectivity index is 1.40. The van der Waals surface area contributed by atoms with E-state index < -0.39 is 6.69 Å². The molecule has 0 aliphatic rings. The van der Waals surface area contributed by atoms with Crippen LogP contribution in [0.4, 0.5) is 0 Å². The Morgan fingerprint density at radius 1 is 0.390 bits per heavy atom. The third-order valence-electron chi connectivity index (χ3n) is 7.12. The number of aromatic nitrogens is 8. The molecule has 8 aromatic heterocycles. The van der Waals surface area contributed by atoms with Crippen LogP contribution >= 0.6 is 45.3 Å². The van der Waals surface area contributed by atoms with Crippen LogP contribution in [0.5, 0.6) is 0 Å². The van der Waals surface area contributed by atoms with Crippen molar-refractivity contribution in [2.75, 3.05) is 0 Å². The van der Waals surface area contributed by atoms with Gasteiger partial charge in [-0.25, -0.2) is 20.4 Å². The second-order valence-electron chi connectivity index (χ2n) is 9.46. The van der Waals surface area contributed by atoms with Gasteiger partial charge in [0.25, 0.3) is 0 Å². The molecule has 200 valence electrons. The largest absolute Gasteiger partial charge is 0.466 e. The molecule has 8 heterocycles. The third-order valence-corrected chi connectivity index (χ3v) is 9.85. The van der Waals surface area contributed by atoms with Crippen LogP contribution in [0.15, 0.2) is 116 Å². The summed E-state index contributed by atoms with van der Waals surface area (Å²) in [7, 11) is 0. The lowest BCUT2D eigenvalue weighted by molar-refractivity contribution is 0.658. The average molecular weight is 608 g/mol. The molecule has 0 N–H and O–H groups in total. The topological polar surface area (TPSA) is 71.3 Å². The maximum absolute atomic E-state index is 5.15. The van der Waals surface area contributed by atoms with Crippen molar-refractivity contribution in [3.05, 3.63) is 116 Å². The minimum absolute atomic E-state index is 0.873. The number of nitrogens with zero attached hydrogens (tertiary/aromatic N) is 8. The number of thiophene rings is 4. The second-order valence-corrected chi connectivity index (χ2v) is 12.6. The van der Waals surface area contributed by atoms with Gasteiger partial charge in [-0.05, 0) is 94.8 Å². The van der Waals surface area contributed by atoms with Gasteiger partial charge in [-0.3, -0.25) is 0 Å². The lowest BCUT2D eigenvalue weighted by Crippen LogP contribution is -2.65. The first-order chi connectivity index (χ1) is 20.3. The zero-order valence-electron chi connectivity index (χ0n) is 21.3. The van der Waals surface area contributed by atoms with Gasteiger partial charge in [0.2, 0.25) is 0 Å². The summed E-state index contributed by atoms with van der Waals surface area (Å²) in [5.74, 6) is 0. The molecule has 13 heteroatoms. The van der Waals surface area contributed by atoms with Gasteiger partial charge in [0.05, 0.1) is 22.8 Å². The van der Waals surface area contributed by atoms with Crippen LogP contribution in [-0.4, -0.2) is 45.5 Å². The minimum atomic E-state index is -2.23. The normalized spacial score (nSPS) is 11.9. The molecule has 0 saturated carbocycles. The fourth-order valence-electron chi connectivity index (χ4n) is 5.11. The molecule has 0 bridgehead atoms. The smallest absolute Gasteiger partial charge is 0.379 e. The molecule has 0 atom stereocenters. The molecular weight excluding hydrogens is 587 g/mol. The Morgan fingerprint density at radius 2 is 0.659 bits per heavy atom. The molecule has 0 radical (unpaired) electrons. The standard InChI is InChI=1S/C28H20BN8S4/c1-9-34(30-25(1)21-5-13-38-17-21)29(35-10-2-26(31-35)22-6-14-39-18-22,36-11-3-27(32-36)23-7-15-40-19-23)37-12-4-28(33-37)24-8-16-41-20-24/h1-20H/q-1. The van der Waals surface area contributed by atoms with Crippen LogP contribution < -0.4 is 0 Å². The monoisotopic (exact) mass is 607 g/mol. The quantitative estimate of drug-likeness (QED) is 0.170. The van der Waals surface area contributed by atoms with Gasteiger partial charge < -0.3 is 18.4 Å². The summed E-state index contributed by atoms with van der Waals surface area (Å²) in [5.41, 5.74) is 7.76. The predicted octanol–water partition coefficient (Wildman–Crippen LogP) is 7.32. The number of hydrogen-bond acceptors (Lipinski definition) is 8. The molecule has 0 aliphatic heterocycles. The molecule has 41 heavy (non-hydrogen) atoms. The van der Waals surface area contributed by atoms with E-state index in [2.05, 4.69) is 67.3 Å². The first-order valence-electron chi connectivity index (χ1n) is 12.8. The van der Waals surface area contributed by atoms with E-state index in [1.165, 1.54) is 0 Å². The molecule has 8 aromatic rings. The van der Waals surface area contributed by atoms with E-state index in [0.29, 0.717) is 0 Å². The molecule has 0 saturated heterocycles. The van der Waals surface area contributed by atoms with E-state index in [4.69, 9.17) is 20.4 Å². The van der Waals surface area contributed by atoms with Crippen molar-refractivity contribution in [2.45, 2.75) is 0 Å². The van der Waals surface area contributed by atoms with Crippen LogP contribution in [0.1, 0.15) is 0 Å². The van der Waals surface area contributed by atoms with Crippen molar-refractivity contribution < 1.29 is 0 Å². The van der Waals surface area contributed by atoms with E-state index in [0.717, 1.165) is 45.0 Å². The fraction of sp³-hybridized carbons (Fsp3) is 0. The molecule has 0 aromatic carbocycles. The number of rotatable bonds is 8. The van der Waals surface area contributed by atoms with Crippen LogP contribution in [0, 0.1) is 0 Å². The van der Waals surface area contributed by atoms with Crippen molar-refractivity contribution in [3.63, 3.8) is 0 Å². The molecule has 0 amide bonds. The van der Waals surface area contributed by atoms with Crippen molar-refractivity contribution in [2.24, 2.45) is 0 Å². The predicted molar refractivity (Wildman–Crippen MR) is 170 cm³/mol. The van der Waals surface area contributed by atoms with Crippen LogP contribution in [0.3, 0.4) is 0 Å². The lowest BCUT2D eigenvalue weighted by atomic mass is 9.75. The first-order valence-corrected chi connectivity index (χ1v) is 16.5. The summed E-state index contributed by atoms with van der Waals surface area (Å²) < 4.78 is 7.80. The summed E-state index contributed by atoms with van der Waals surface area (Å²) in [6.07, 6.45) is 7.99. The summed E-state index contributed by atoms with van der Waals surface area (Å²) in [6, 6.07) is 16.5. The van der Waals surface area contributed by atoms with E-state index >= 15 is 0 Å². The SMILES string of the molecule is c1cc(-c2ccn([B-](n3ccc(-c4ccsc4)n3)(n3ccc(-c4ccsc4)n3)n3ccc(-c4ccsc4)n3)n2)cs1. The van der Waals surface area contributed by atoms with Crippen LogP contribution in [-0.2, 0) is 0 Å². The molecule has 0 unspecified atom stereocenters. The lowest BCUT2D eigenvalue weighted by Gasteiger charge is -2.41. The summed E-state index contributed by atoms with van der Waals surface area (Å²) >= 11 is 6.61. The third kappa shape index (κ3) is 4.08. The highest BCUT2D eigenvalue weighted by Crippen LogP contribution is 2.28. The van der Waals surface area contributed by atoms with E-state index in [1.54, 1.807) is 45.3 Å². The van der Waals surface area contributed by atoms with E-state index in [-0.39, 0.29) is 0 Å². The van der Waals surface area contributed by atoms with Crippen LogP contribution in [0.2, 0.25) is 0 Å². The Kier molecular flexibility index (Phi) is 5.95. The van der Waals surface area contributed by atoms with Gasteiger partial charge in [0, 0.05) is 43.8 Å². The molecule has 0 aliphatic carbocycles. The summed E-state index contributed by atoms with van der Waals surface area (Å²) in [6.45, 7) is -2.23. The molecule has 0 fully saturated rings. The maximum atomic E-state index is 5.15. The zero-order valence-corrected chi connectivity index (χ0v) is 24.6. The van der Waals surface area contributed by atoms with E-state index in [9.17, 15) is 0 Å². The van der Waals surface area contributed by atoms with Gasteiger partial charge in [-0.2, -0.15) is 45.3 Å². The molecule has 8 nitrogen and oxygen atoms in total. The second kappa shape index (κ2) is 9.96. The Hall–Kier alpha value is -4.30. The molecule has 0 spiro atoms. The highest BCUT2D eigenvalue weighted by atomic mass is 32.1.